The summed E-state index contributed by atoms with van der Waals surface area (Å²) < 4.78 is 0. The van der Waals surface area contributed by atoms with Gasteiger partial charge in [-0.05, 0) is 44.9 Å². The lowest BCUT2D eigenvalue weighted by molar-refractivity contribution is -0.135. The summed E-state index contributed by atoms with van der Waals surface area (Å²) in [6.07, 6.45) is 4.11. The molecule has 0 aliphatic heterocycles. The topological polar surface area (TPSA) is 62.3 Å². The number of likely N-dealkylation sites (N-methyl/N-ethyl adjacent to an activating group) is 1. The first-order valence-corrected chi connectivity index (χ1v) is 6.72. The number of carbonyl (C=O) groups is 2. The Kier molecular flexibility index (Phi) is 5.67. The zero-order valence-corrected chi connectivity index (χ0v) is 12.6. The van der Waals surface area contributed by atoms with Gasteiger partial charge in [-0.2, -0.15) is 0 Å². The second-order valence-corrected chi connectivity index (χ2v) is 5.90. The van der Waals surface area contributed by atoms with Gasteiger partial charge in [-0.25, -0.2) is 0 Å². The van der Waals surface area contributed by atoms with Crippen molar-refractivity contribution in [3.05, 3.63) is 30.1 Å². The predicted octanol–water partition coefficient (Wildman–Crippen LogP) is 1.39. The Hall–Kier alpha value is -1.91. The van der Waals surface area contributed by atoms with Crippen molar-refractivity contribution < 1.29 is 9.59 Å². The Labute approximate surface area is 120 Å². The molecule has 0 saturated heterocycles. The maximum atomic E-state index is 11.9. The van der Waals surface area contributed by atoms with Gasteiger partial charge in [0.25, 0.3) is 0 Å². The number of rotatable bonds is 5. The first-order valence-electron chi connectivity index (χ1n) is 6.72. The van der Waals surface area contributed by atoms with Gasteiger partial charge in [0.2, 0.25) is 11.8 Å². The minimum atomic E-state index is -0.313. The molecule has 0 saturated carbocycles. The summed E-state index contributed by atoms with van der Waals surface area (Å²) in [5.74, 6) is -0.404. The summed E-state index contributed by atoms with van der Waals surface area (Å²) in [5, 5.41) is 2.78. The molecule has 0 atom stereocenters. The van der Waals surface area contributed by atoms with Crippen molar-refractivity contribution in [2.45, 2.75) is 39.2 Å². The molecular weight excluding hydrogens is 254 g/mol. The van der Waals surface area contributed by atoms with E-state index in [2.05, 4.69) is 10.3 Å². The van der Waals surface area contributed by atoms with E-state index in [4.69, 9.17) is 0 Å². The van der Waals surface area contributed by atoms with E-state index in [1.54, 1.807) is 24.3 Å². The highest BCUT2D eigenvalue weighted by Gasteiger charge is 2.18. The van der Waals surface area contributed by atoms with Crippen LogP contribution >= 0.6 is 0 Å². The minimum Gasteiger partial charge on any atom is -0.351 e. The number of carbonyl (C=O) groups excluding carboxylic acids is 2. The number of hydrogen-bond donors (Lipinski definition) is 1. The molecule has 0 radical (unpaired) electrons. The van der Waals surface area contributed by atoms with E-state index in [-0.39, 0.29) is 23.8 Å². The van der Waals surface area contributed by atoms with Crippen molar-refractivity contribution in [2.24, 2.45) is 0 Å². The Bertz CT molecular complexity index is 452. The molecule has 20 heavy (non-hydrogen) atoms. The number of nitrogens with zero attached hydrogens (tertiary/aromatic N) is 2. The Morgan fingerprint density at radius 2 is 1.85 bits per heavy atom. The van der Waals surface area contributed by atoms with Crippen LogP contribution in [0.5, 0.6) is 0 Å². The van der Waals surface area contributed by atoms with Gasteiger partial charge in [-0.1, -0.05) is 0 Å². The third kappa shape index (κ3) is 6.31. The van der Waals surface area contributed by atoms with Gasteiger partial charge in [-0.15, -0.1) is 0 Å². The number of aromatic nitrogens is 1. The fourth-order valence-electron chi connectivity index (χ4n) is 1.71. The standard InChI is InChI=1S/C15H23N3O2/c1-15(2,3)17-13(19)11-14(20)18(4)10-7-12-5-8-16-9-6-12/h5-6,8-9H,7,10-11H2,1-4H3,(H,17,19). The molecule has 0 spiro atoms. The number of hydrogen-bond acceptors (Lipinski definition) is 3. The number of amides is 2. The molecule has 1 aromatic heterocycles. The number of pyridine rings is 1. The van der Waals surface area contributed by atoms with Crippen LogP contribution in [0.1, 0.15) is 32.8 Å². The highest BCUT2D eigenvalue weighted by Crippen LogP contribution is 2.02. The van der Waals surface area contributed by atoms with Crippen LogP contribution < -0.4 is 5.32 Å². The molecule has 5 nitrogen and oxygen atoms in total. The van der Waals surface area contributed by atoms with E-state index >= 15 is 0 Å². The molecule has 2 amide bonds. The van der Waals surface area contributed by atoms with E-state index in [9.17, 15) is 9.59 Å². The predicted molar refractivity (Wildman–Crippen MR) is 78.1 cm³/mol. The Balaban J connectivity index is 2.38. The van der Waals surface area contributed by atoms with Gasteiger partial charge in [0.15, 0.2) is 0 Å². The van der Waals surface area contributed by atoms with Gasteiger partial charge in [0, 0.05) is 31.5 Å². The highest BCUT2D eigenvalue weighted by molar-refractivity contribution is 5.97. The van der Waals surface area contributed by atoms with E-state index in [1.165, 1.54) is 0 Å². The molecule has 0 aliphatic rings. The Morgan fingerprint density at radius 1 is 1.25 bits per heavy atom. The quantitative estimate of drug-likeness (QED) is 0.827. The van der Waals surface area contributed by atoms with Crippen molar-refractivity contribution in [3.8, 4) is 0 Å². The molecule has 1 aromatic rings. The maximum absolute atomic E-state index is 11.9. The first-order chi connectivity index (χ1) is 9.28. The van der Waals surface area contributed by atoms with E-state index in [1.807, 2.05) is 32.9 Å². The monoisotopic (exact) mass is 277 g/mol. The maximum Gasteiger partial charge on any atom is 0.231 e. The van der Waals surface area contributed by atoms with Crippen LogP contribution in [0.3, 0.4) is 0 Å². The molecule has 1 heterocycles. The van der Waals surface area contributed by atoms with Gasteiger partial charge in [-0.3, -0.25) is 14.6 Å². The molecule has 0 unspecified atom stereocenters. The average Bonchev–Trinajstić information content (AvgIpc) is 2.34. The third-order valence-corrected chi connectivity index (χ3v) is 2.74. The SMILES string of the molecule is CN(CCc1ccncc1)C(=O)CC(=O)NC(C)(C)C. The highest BCUT2D eigenvalue weighted by atomic mass is 16.2. The summed E-state index contributed by atoms with van der Waals surface area (Å²) in [5.41, 5.74) is 0.811. The second-order valence-electron chi connectivity index (χ2n) is 5.90. The van der Waals surface area contributed by atoms with Crippen LogP contribution in [0.15, 0.2) is 24.5 Å². The summed E-state index contributed by atoms with van der Waals surface area (Å²) in [6, 6.07) is 3.84. The lowest BCUT2D eigenvalue weighted by atomic mass is 10.1. The van der Waals surface area contributed by atoms with E-state index < -0.39 is 0 Å². The van der Waals surface area contributed by atoms with Gasteiger partial charge < -0.3 is 10.2 Å². The molecule has 110 valence electrons. The summed E-state index contributed by atoms with van der Waals surface area (Å²) >= 11 is 0. The second kappa shape index (κ2) is 7.03. The van der Waals surface area contributed by atoms with Crippen molar-refractivity contribution in [1.82, 2.24) is 15.2 Å². The smallest absolute Gasteiger partial charge is 0.231 e. The van der Waals surface area contributed by atoms with Crippen LogP contribution in [-0.2, 0) is 16.0 Å². The molecular formula is C15H23N3O2. The summed E-state index contributed by atoms with van der Waals surface area (Å²) in [6.45, 7) is 6.26. The minimum absolute atomic E-state index is 0.107. The van der Waals surface area contributed by atoms with Gasteiger partial charge in [0.1, 0.15) is 6.42 Å². The molecule has 0 aliphatic carbocycles. The van der Waals surface area contributed by atoms with Gasteiger partial charge >= 0.3 is 0 Å². The molecule has 0 fully saturated rings. The van der Waals surface area contributed by atoms with E-state index in [0.29, 0.717) is 6.54 Å². The largest absolute Gasteiger partial charge is 0.351 e. The van der Waals surface area contributed by atoms with Crippen molar-refractivity contribution in [3.63, 3.8) is 0 Å². The van der Waals surface area contributed by atoms with Crippen LogP contribution in [0.25, 0.3) is 0 Å². The molecule has 1 rings (SSSR count). The molecule has 1 N–H and O–H groups in total. The lowest BCUT2D eigenvalue weighted by Crippen LogP contribution is -2.43. The van der Waals surface area contributed by atoms with Gasteiger partial charge in [0.05, 0.1) is 0 Å². The third-order valence-electron chi connectivity index (χ3n) is 2.74. The lowest BCUT2D eigenvalue weighted by Gasteiger charge is -2.22. The fourth-order valence-corrected chi connectivity index (χ4v) is 1.71. The van der Waals surface area contributed by atoms with Crippen LogP contribution in [0.4, 0.5) is 0 Å². The fraction of sp³-hybridized carbons (Fsp3) is 0.533. The van der Waals surface area contributed by atoms with Crippen molar-refractivity contribution in [2.75, 3.05) is 13.6 Å². The summed E-state index contributed by atoms with van der Waals surface area (Å²) in [4.78, 5) is 29.1. The number of nitrogens with one attached hydrogen (secondary N) is 1. The van der Waals surface area contributed by atoms with Crippen LogP contribution in [0.2, 0.25) is 0 Å². The van der Waals surface area contributed by atoms with Crippen molar-refractivity contribution in [1.29, 1.82) is 0 Å². The average molecular weight is 277 g/mol. The molecule has 0 bridgehead atoms. The normalized spacial score (nSPS) is 11.0. The molecule has 0 aromatic carbocycles. The zero-order valence-electron chi connectivity index (χ0n) is 12.6. The first kappa shape index (κ1) is 16.1. The van der Waals surface area contributed by atoms with Crippen LogP contribution in [0, 0.1) is 0 Å². The van der Waals surface area contributed by atoms with Crippen LogP contribution in [-0.4, -0.2) is 40.8 Å². The molecule has 5 heteroatoms. The van der Waals surface area contributed by atoms with E-state index in [0.717, 1.165) is 12.0 Å². The van der Waals surface area contributed by atoms with Crippen molar-refractivity contribution >= 4 is 11.8 Å². The summed E-state index contributed by atoms with van der Waals surface area (Å²) in [7, 11) is 1.72. The zero-order chi connectivity index (χ0) is 15.2. The Morgan fingerprint density at radius 3 is 2.40 bits per heavy atom.